The first-order chi connectivity index (χ1) is 10.3. The van der Waals surface area contributed by atoms with Gasteiger partial charge in [-0.3, -0.25) is 4.79 Å². The van der Waals surface area contributed by atoms with Crippen molar-refractivity contribution in [2.45, 2.75) is 80.6 Å². The first kappa shape index (κ1) is 20.4. The van der Waals surface area contributed by atoms with Crippen LogP contribution in [0.2, 0.25) is 0 Å². The van der Waals surface area contributed by atoms with Gasteiger partial charge in [-0.05, 0) is 31.6 Å². The summed E-state index contributed by atoms with van der Waals surface area (Å²) in [4.78, 5) is 12.7. The van der Waals surface area contributed by atoms with Gasteiger partial charge in [0.05, 0.1) is 12.0 Å². The summed E-state index contributed by atoms with van der Waals surface area (Å²) < 4.78 is 17.3. The molecule has 1 fully saturated rings. The molecule has 23 heavy (non-hydrogen) atoms. The molecule has 3 unspecified atom stereocenters. The molecular weight excluding hydrogens is 292 g/mol. The highest BCUT2D eigenvalue weighted by atomic mass is 16.8. The molecular formula is C19H36O4. The number of ether oxygens (including phenoxy) is 3. The molecule has 0 bridgehead atoms. The summed E-state index contributed by atoms with van der Waals surface area (Å²) in [6.07, 6.45) is 0.611. The van der Waals surface area contributed by atoms with Gasteiger partial charge in [-0.2, -0.15) is 0 Å². The van der Waals surface area contributed by atoms with E-state index in [4.69, 9.17) is 14.2 Å². The molecule has 0 spiro atoms. The first-order valence-corrected chi connectivity index (χ1v) is 8.79. The summed E-state index contributed by atoms with van der Waals surface area (Å²) in [5.74, 6) is -0.241. The summed E-state index contributed by atoms with van der Waals surface area (Å²) in [5, 5.41) is 0. The molecule has 0 radical (unpaired) electrons. The van der Waals surface area contributed by atoms with Crippen molar-refractivity contribution < 1.29 is 19.0 Å². The molecule has 0 aromatic carbocycles. The van der Waals surface area contributed by atoms with E-state index in [1.165, 1.54) is 0 Å². The molecule has 1 heterocycles. The Kier molecular flexibility index (Phi) is 6.31. The maximum absolute atomic E-state index is 12.7. The van der Waals surface area contributed by atoms with Gasteiger partial charge in [0.25, 0.3) is 0 Å². The Morgan fingerprint density at radius 1 is 1.22 bits per heavy atom. The Bertz CT molecular complexity index is 410. The van der Waals surface area contributed by atoms with Gasteiger partial charge in [-0.15, -0.1) is 0 Å². The van der Waals surface area contributed by atoms with Crippen molar-refractivity contribution >= 4 is 5.97 Å². The van der Waals surface area contributed by atoms with E-state index in [1.807, 2.05) is 13.8 Å². The summed E-state index contributed by atoms with van der Waals surface area (Å²) >= 11 is 0. The second kappa shape index (κ2) is 7.10. The monoisotopic (exact) mass is 328 g/mol. The summed E-state index contributed by atoms with van der Waals surface area (Å²) in [6, 6.07) is 0. The van der Waals surface area contributed by atoms with Crippen LogP contribution in [0.25, 0.3) is 0 Å². The highest BCUT2D eigenvalue weighted by Crippen LogP contribution is 2.40. The van der Waals surface area contributed by atoms with Gasteiger partial charge in [-0.1, -0.05) is 48.5 Å². The van der Waals surface area contributed by atoms with Gasteiger partial charge in [0.15, 0.2) is 5.79 Å². The van der Waals surface area contributed by atoms with Crippen LogP contribution in [0.1, 0.15) is 68.7 Å². The van der Waals surface area contributed by atoms with Crippen molar-refractivity contribution in [1.82, 2.24) is 0 Å². The van der Waals surface area contributed by atoms with Crippen molar-refractivity contribution in [1.29, 1.82) is 0 Å². The van der Waals surface area contributed by atoms with E-state index >= 15 is 0 Å². The Labute approximate surface area is 142 Å². The lowest BCUT2D eigenvalue weighted by Crippen LogP contribution is -2.40. The third-order valence-electron chi connectivity index (χ3n) is 5.04. The second-order valence-electron chi connectivity index (χ2n) is 9.13. The van der Waals surface area contributed by atoms with Crippen LogP contribution in [0.5, 0.6) is 0 Å². The van der Waals surface area contributed by atoms with Crippen LogP contribution in [-0.2, 0) is 19.0 Å². The molecule has 0 aliphatic carbocycles. The van der Waals surface area contributed by atoms with E-state index in [-0.39, 0.29) is 35.9 Å². The first-order valence-electron chi connectivity index (χ1n) is 8.79. The number of carbonyl (C=O) groups excluding carboxylic acids is 1. The topological polar surface area (TPSA) is 44.8 Å². The number of esters is 1. The highest BCUT2D eigenvalue weighted by molar-refractivity contribution is 5.76. The Morgan fingerprint density at radius 3 is 2.17 bits per heavy atom. The fourth-order valence-electron chi connectivity index (χ4n) is 2.99. The zero-order valence-corrected chi connectivity index (χ0v) is 16.5. The number of carbonyl (C=O) groups is 1. The molecule has 4 nitrogen and oxygen atoms in total. The van der Waals surface area contributed by atoms with E-state index in [0.29, 0.717) is 6.61 Å². The Hall–Kier alpha value is -0.610. The van der Waals surface area contributed by atoms with E-state index in [2.05, 4.69) is 48.5 Å². The van der Waals surface area contributed by atoms with Crippen LogP contribution < -0.4 is 0 Å². The van der Waals surface area contributed by atoms with Gasteiger partial charge in [-0.25, -0.2) is 0 Å². The van der Waals surface area contributed by atoms with Crippen molar-refractivity contribution in [3.05, 3.63) is 0 Å². The Balaban J connectivity index is 2.64. The minimum atomic E-state index is -0.580. The highest BCUT2D eigenvalue weighted by Gasteiger charge is 2.43. The molecule has 0 aromatic heterocycles. The number of hydrogen-bond acceptors (Lipinski definition) is 4. The number of rotatable bonds is 6. The molecule has 0 N–H and O–H groups in total. The molecule has 1 aliphatic heterocycles. The third-order valence-corrected chi connectivity index (χ3v) is 5.04. The maximum Gasteiger partial charge on any atom is 0.312 e. The van der Waals surface area contributed by atoms with Gasteiger partial charge in [0.1, 0.15) is 12.7 Å². The lowest BCUT2D eigenvalue weighted by molar-refractivity contribution is -0.191. The summed E-state index contributed by atoms with van der Waals surface area (Å²) in [5.41, 5.74) is -0.416. The van der Waals surface area contributed by atoms with E-state index in [9.17, 15) is 4.79 Å². The van der Waals surface area contributed by atoms with Crippen LogP contribution in [0, 0.1) is 22.7 Å². The molecule has 136 valence electrons. The molecule has 1 saturated heterocycles. The fourth-order valence-corrected chi connectivity index (χ4v) is 2.99. The summed E-state index contributed by atoms with van der Waals surface area (Å²) in [7, 11) is 0. The largest absolute Gasteiger partial charge is 0.462 e. The molecule has 0 aromatic rings. The van der Waals surface area contributed by atoms with Crippen LogP contribution in [-0.4, -0.2) is 31.1 Å². The zero-order chi connectivity index (χ0) is 18.1. The van der Waals surface area contributed by atoms with Crippen LogP contribution >= 0.6 is 0 Å². The lowest BCUT2D eigenvalue weighted by atomic mass is 9.69. The molecule has 0 amide bonds. The number of hydrogen-bond donors (Lipinski definition) is 0. The molecule has 3 atom stereocenters. The molecule has 0 saturated carbocycles. The fraction of sp³-hybridized carbons (Fsp3) is 0.947. The van der Waals surface area contributed by atoms with Crippen molar-refractivity contribution in [2.75, 3.05) is 13.2 Å². The predicted molar refractivity (Wildman–Crippen MR) is 92.0 cm³/mol. The zero-order valence-electron chi connectivity index (χ0n) is 16.5. The van der Waals surface area contributed by atoms with E-state index in [1.54, 1.807) is 0 Å². The molecule has 1 rings (SSSR count). The van der Waals surface area contributed by atoms with E-state index < -0.39 is 11.2 Å². The van der Waals surface area contributed by atoms with Crippen molar-refractivity contribution in [3.8, 4) is 0 Å². The minimum absolute atomic E-state index is 0.0707. The van der Waals surface area contributed by atoms with Crippen LogP contribution in [0.4, 0.5) is 0 Å². The molecule has 1 aliphatic rings. The van der Waals surface area contributed by atoms with Crippen LogP contribution in [0.15, 0.2) is 0 Å². The quantitative estimate of drug-likeness (QED) is 0.677. The standard InChI is InChI=1S/C19H36O4/c1-13(2)18(8,12-17(5,6)7)16(20)21-10-15-11-22-19(9,23-15)14(3)4/h13-15H,10-12H2,1-9H3. The van der Waals surface area contributed by atoms with Crippen LogP contribution in [0.3, 0.4) is 0 Å². The van der Waals surface area contributed by atoms with Gasteiger partial charge in [0, 0.05) is 5.92 Å². The summed E-state index contributed by atoms with van der Waals surface area (Å²) in [6.45, 7) is 19.4. The Morgan fingerprint density at radius 2 is 1.78 bits per heavy atom. The minimum Gasteiger partial charge on any atom is -0.462 e. The molecule has 4 heteroatoms. The average molecular weight is 328 g/mol. The average Bonchev–Trinajstić information content (AvgIpc) is 2.77. The van der Waals surface area contributed by atoms with Crippen molar-refractivity contribution in [2.24, 2.45) is 22.7 Å². The predicted octanol–water partition coefficient (Wildman–Crippen LogP) is 4.42. The SMILES string of the molecule is CC(C)C1(C)OCC(COC(=O)C(C)(CC(C)(C)C)C(C)C)O1. The lowest BCUT2D eigenvalue weighted by Gasteiger charge is -2.37. The maximum atomic E-state index is 12.7. The van der Waals surface area contributed by atoms with Gasteiger partial charge in [0.2, 0.25) is 0 Å². The van der Waals surface area contributed by atoms with E-state index in [0.717, 1.165) is 6.42 Å². The van der Waals surface area contributed by atoms with Crippen molar-refractivity contribution in [3.63, 3.8) is 0 Å². The third kappa shape index (κ3) is 5.18. The van der Waals surface area contributed by atoms with Gasteiger partial charge >= 0.3 is 5.97 Å². The smallest absolute Gasteiger partial charge is 0.312 e. The normalized spacial score (nSPS) is 28.2. The van der Waals surface area contributed by atoms with Gasteiger partial charge < -0.3 is 14.2 Å². The second-order valence-corrected chi connectivity index (χ2v) is 9.13.